The zero-order valence-corrected chi connectivity index (χ0v) is 12.4. The number of likely N-dealkylation sites (tertiary alicyclic amines) is 1. The molecule has 0 radical (unpaired) electrons. The molecule has 3 atom stereocenters. The Morgan fingerprint density at radius 1 is 1.14 bits per heavy atom. The second kappa shape index (κ2) is 6.88. The lowest BCUT2D eigenvalue weighted by atomic mass is 9.89. The minimum atomic E-state index is -0.221. The van der Waals surface area contributed by atoms with E-state index in [1.807, 2.05) is 12.1 Å². The van der Waals surface area contributed by atoms with Gasteiger partial charge in [0.1, 0.15) is 0 Å². The standard InChI is InChI=1S/C17H25NO3/c19-11-14-5-3-13(4-6-14)10-18-8-1-2-16(18)15-12-21-9-7-17(15)20/h3-6,15-17,19-20H,1-2,7-12H2/t15-,16+,17-/m0/s1. The van der Waals surface area contributed by atoms with Crippen LogP contribution in [0.4, 0.5) is 0 Å². The lowest BCUT2D eigenvalue weighted by molar-refractivity contribution is -0.0636. The second-order valence-corrected chi connectivity index (χ2v) is 6.25. The van der Waals surface area contributed by atoms with Gasteiger partial charge in [-0.1, -0.05) is 24.3 Å². The van der Waals surface area contributed by atoms with Gasteiger partial charge in [-0.2, -0.15) is 0 Å². The van der Waals surface area contributed by atoms with Crippen LogP contribution in [-0.4, -0.2) is 47.0 Å². The number of hydrogen-bond donors (Lipinski definition) is 2. The molecule has 0 spiro atoms. The van der Waals surface area contributed by atoms with Crippen molar-refractivity contribution in [3.05, 3.63) is 35.4 Å². The maximum Gasteiger partial charge on any atom is 0.0681 e. The Hall–Kier alpha value is -0.940. The van der Waals surface area contributed by atoms with Gasteiger partial charge in [0.15, 0.2) is 0 Å². The molecule has 3 rings (SSSR count). The van der Waals surface area contributed by atoms with Crippen LogP contribution in [-0.2, 0) is 17.9 Å². The highest BCUT2D eigenvalue weighted by atomic mass is 16.5. The van der Waals surface area contributed by atoms with Gasteiger partial charge in [0, 0.05) is 25.1 Å². The minimum Gasteiger partial charge on any atom is -0.393 e. The molecule has 1 aromatic carbocycles. The Morgan fingerprint density at radius 2 is 1.90 bits per heavy atom. The molecular formula is C17H25NO3. The van der Waals surface area contributed by atoms with Crippen LogP contribution in [0.2, 0.25) is 0 Å². The van der Waals surface area contributed by atoms with E-state index in [1.54, 1.807) is 0 Å². The number of nitrogens with zero attached hydrogens (tertiary/aromatic N) is 1. The summed E-state index contributed by atoms with van der Waals surface area (Å²) in [6, 6.07) is 8.58. The molecule has 21 heavy (non-hydrogen) atoms. The molecule has 0 unspecified atom stereocenters. The number of aliphatic hydroxyl groups is 2. The third-order valence-corrected chi connectivity index (χ3v) is 4.86. The van der Waals surface area contributed by atoms with Gasteiger partial charge >= 0.3 is 0 Å². The van der Waals surface area contributed by atoms with Crippen LogP contribution >= 0.6 is 0 Å². The molecule has 0 aliphatic carbocycles. The fourth-order valence-corrected chi connectivity index (χ4v) is 3.63. The minimum absolute atomic E-state index is 0.0955. The van der Waals surface area contributed by atoms with Crippen molar-refractivity contribution in [2.45, 2.75) is 44.6 Å². The molecule has 4 nitrogen and oxygen atoms in total. The summed E-state index contributed by atoms with van der Waals surface area (Å²) in [7, 11) is 0. The van der Waals surface area contributed by atoms with Crippen LogP contribution in [0.5, 0.6) is 0 Å². The quantitative estimate of drug-likeness (QED) is 0.883. The maximum atomic E-state index is 10.2. The Balaban J connectivity index is 1.65. The van der Waals surface area contributed by atoms with Gasteiger partial charge in [0.25, 0.3) is 0 Å². The van der Waals surface area contributed by atoms with Gasteiger partial charge in [-0.05, 0) is 36.9 Å². The van der Waals surface area contributed by atoms with Crippen molar-refractivity contribution in [2.75, 3.05) is 19.8 Å². The van der Waals surface area contributed by atoms with Crippen molar-refractivity contribution in [3.8, 4) is 0 Å². The maximum absolute atomic E-state index is 10.2. The van der Waals surface area contributed by atoms with E-state index in [1.165, 1.54) is 12.0 Å². The first kappa shape index (κ1) is 15.0. The monoisotopic (exact) mass is 291 g/mol. The number of aliphatic hydroxyl groups excluding tert-OH is 2. The summed E-state index contributed by atoms with van der Waals surface area (Å²) in [4.78, 5) is 2.48. The van der Waals surface area contributed by atoms with Crippen molar-refractivity contribution < 1.29 is 14.9 Å². The van der Waals surface area contributed by atoms with Gasteiger partial charge in [-0.3, -0.25) is 4.90 Å². The van der Waals surface area contributed by atoms with E-state index in [2.05, 4.69) is 17.0 Å². The van der Waals surface area contributed by atoms with Gasteiger partial charge < -0.3 is 14.9 Å². The predicted molar refractivity (Wildman–Crippen MR) is 80.7 cm³/mol. The largest absolute Gasteiger partial charge is 0.393 e. The normalized spacial score (nSPS) is 30.7. The van der Waals surface area contributed by atoms with Crippen LogP contribution in [0, 0.1) is 5.92 Å². The van der Waals surface area contributed by atoms with Crippen molar-refractivity contribution in [2.24, 2.45) is 5.92 Å². The van der Waals surface area contributed by atoms with Gasteiger partial charge in [-0.15, -0.1) is 0 Å². The first-order chi connectivity index (χ1) is 10.3. The highest BCUT2D eigenvalue weighted by Gasteiger charge is 2.37. The summed E-state index contributed by atoms with van der Waals surface area (Å²) in [5.74, 6) is 0.248. The fraction of sp³-hybridized carbons (Fsp3) is 0.647. The summed E-state index contributed by atoms with van der Waals surface area (Å²) in [6.45, 7) is 3.48. The Morgan fingerprint density at radius 3 is 2.62 bits per heavy atom. The van der Waals surface area contributed by atoms with Crippen LogP contribution < -0.4 is 0 Å². The predicted octanol–water partition coefficient (Wildman–Crippen LogP) is 1.54. The zero-order valence-electron chi connectivity index (χ0n) is 12.4. The summed E-state index contributed by atoms with van der Waals surface area (Å²) >= 11 is 0. The first-order valence-electron chi connectivity index (χ1n) is 7.96. The zero-order chi connectivity index (χ0) is 14.7. The van der Waals surface area contributed by atoms with E-state index in [0.29, 0.717) is 19.3 Å². The van der Waals surface area contributed by atoms with Crippen LogP contribution in [0.25, 0.3) is 0 Å². The lowest BCUT2D eigenvalue weighted by Gasteiger charge is -2.37. The van der Waals surface area contributed by atoms with E-state index in [0.717, 1.165) is 31.5 Å². The van der Waals surface area contributed by atoms with Crippen molar-refractivity contribution in [3.63, 3.8) is 0 Å². The number of rotatable bonds is 4. The van der Waals surface area contributed by atoms with E-state index in [-0.39, 0.29) is 18.6 Å². The summed E-state index contributed by atoms with van der Waals surface area (Å²) in [5.41, 5.74) is 2.22. The van der Waals surface area contributed by atoms with Gasteiger partial charge in [0.05, 0.1) is 19.3 Å². The molecule has 2 heterocycles. The number of hydrogen-bond acceptors (Lipinski definition) is 4. The van der Waals surface area contributed by atoms with Crippen LogP contribution in [0.1, 0.15) is 30.4 Å². The van der Waals surface area contributed by atoms with Crippen molar-refractivity contribution in [1.29, 1.82) is 0 Å². The van der Waals surface area contributed by atoms with E-state index in [9.17, 15) is 5.11 Å². The molecule has 1 aromatic rings. The summed E-state index contributed by atoms with van der Waals surface area (Å²) in [6.07, 6.45) is 2.89. The van der Waals surface area contributed by atoms with Crippen LogP contribution in [0.15, 0.2) is 24.3 Å². The molecular weight excluding hydrogens is 266 g/mol. The number of ether oxygens (including phenoxy) is 1. The molecule has 2 saturated heterocycles. The van der Waals surface area contributed by atoms with Gasteiger partial charge in [-0.25, -0.2) is 0 Å². The summed E-state index contributed by atoms with van der Waals surface area (Å²) < 4.78 is 5.58. The fourth-order valence-electron chi connectivity index (χ4n) is 3.63. The molecule has 116 valence electrons. The Kier molecular flexibility index (Phi) is 4.91. The molecule has 4 heteroatoms. The van der Waals surface area contributed by atoms with Crippen LogP contribution in [0.3, 0.4) is 0 Å². The molecule has 2 N–H and O–H groups in total. The summed E-state index contributed by atoms with van der Waals surface area (Å²) in [5, 5.41) is 19.3. The molecule has 2 aliphatic rings. The smallest absolute Gasteiger partial charge is 0.0681 e. The SMILES string of the molecule is OCc1ccc(CN2CCC[C@@H]2[C@@H]2COCC[C@@H]2O)cc1. The Labute approximate surface area is 126 Å². The first-order valence-corrected chi connectivity index (χ1v) is 7.96. The Bertz CT molecular complexity index is 448. The molecule has 0 bridgehead atoms. The highest BCUT2D eigenvalue weighted by molar-refractivity contribution is 5.22. The van der Waals surface area contributed by atoms with E-state index >= 15 is 0 Å². The molecule has 0 amide bonds. The van der Waals surface area contributed by atoms with Gasteiger partial charge in [0.2, 0.25) is 0 Å². The average molecular weight is 291 g/mol. The number of benzene rings is 1. The lowest BCUT2D eigenvalue weighted by Crippen LogP contribution is -2.45. The third kappa shape index (κ3) is 3.46. The van der Waals surface area contributed by atoms with E-state index < -0.39 is 0 Å². The highest BCUT2D eigenvalue weighted by Crippen LogP contribution is 2.30. The molecule has 0 aromatic heterocycles. The third-order valence-electron chi connectivity index (χ3n) is 4.86. The second-order valence-electron chi connectivity index (χ2n) is 6.25. The molecule has 2 aliphatic heterocycles. The van der Waals surface area contributed by atoms with E-state index in [4.69, 9.17) is 9.84 Å². The average Bonchev–Trinajstić information content (AvgIpc) is 2.96. The molecule has 2 fully saturated rings. The topological polar surface area (TPSA) is 52.9 Å². The van der Waals surface area contributed by atoms with Crippen molar-refractivity contribution >= 4 is 0 Å². The molecule has 0 saturated carbocycles. The van der Waals surface area contributed by atoms with Crippen molar-refractivity contribution in [1.82, 2.24) is 4.90 Å².